The molecule has 0 radical (unpaired) electrons. The molecule has 0 aliphatic carbocycles. The minimum Gasteiger partial charge on any atom is -0.456 e. The summed E-state index contributed by atoms with van der Waals surface area (Å²) in [6.07, 6.45) is 0. The normalized spacial score (nSPS) is 10.4. The van der Waals surface area contributed by atoms with Crippen LogP contribution >= 0.6 is 31.9 Å². The quantitative estimate of drug-likeness (QED) is 0.649. The first kappa shape index (κ1) is 13.5. The first-order chi connectivity index (χ1) is 8.60. The van der Waals surface area contributed by atoms with Gasteiger partial charge in [0.1, 0.15) is 23.1 Å². The Kier molecular flexibility index (Phi) is 4.35. The van der Waals surface area contributed by atoms with E-state index in [0.717, 1.165) is 0 Å². The van der Waals surface area contributed by atoms with Gasteiger partial charge in [-0.15, -0.1) is 0 Å². The van der Waals surface area contributed by atoms with E-state index in [9.17, 15) is 8.78 Å². The zero-order valence-electron chi connectivity index (χ0n) is 9.09. The van der Waals surface area contributed by atoms with Crippen molar-refractivity contribution in [2.24, 2.45) is 0 Å². The van der Waals surface area contributed by atoms with Gasteiger partial charge in [-0.25, -0.2) is 8.78 Å². The summed E-state index contributed by atoms with van der Waals surface area (Å²) < 4.78 is 32.1. The molecule has 5 heteroatoms. The van der Waals surface area contributed by atoms with Gasteiger partial charge < -0.3 is 4.74 Å². The molecule has 2 rings (SSSR count). The predicted octanol–water partition coefficient (Wildman–Crippen LogP) is 5.41. The maximum Gasteiger partial charge on any atom is 0.141 e. The lowest BCUT2D eigenvalue weighted by Gasteiger charge is -2.11. The molecule has 0 fully saturated rings. The van der Waals surface area contributed by atoms with Crippen LogP contribution in [0.2, 0.25) is 0 Å². The van der Waals surface area contributed by atoms with E-state index in [1.165, 1.54) is 30.3 Å². The summed E-state index contributed by atoms with van der Waals surface area (Å²) >= 11 is 6.48. The summed E-state index contributed by atoms with van der Waals surface area (Å²) in [5.41, 5.74) is 0.686. The maximum atomic E-state index is 13.1. The highest BCUT2D eigenvalue weighted by atomic mass is 79.9. The lowest BCUT2D eigenvalue weighted by atomic mass is 10.2. The van der Waals surface area contributed by atoms with E-state index in [4.69, 9.17) is 4.74 Å². The second-order valence-corrected chi connectivity index (χ2v) is 4.98. The molecular formula is C13H8Br2F2O. The van der Waals surface area contributed by atoms with Crippen LogP contribution in [0.3, 0.4) is 0 Å². The molecule has 0 amide bonds. The fraction of sp³-hybridized carbons (Fsp3) is 0.0769. The Balaban J connectivity index is 2.33. The van der Waals surface area contributed by atoms with Crippen molar-refractivity contribution in [2.75, 3.05) is 0 Å². The molecule has 94 valence electrons. The molecule has 0 unspecified atom stereocenters. The Morgan fingerprint density at radius 1 is 0.944 bits per heavy atom. The summed E-state index contributed by atoms with van der Waals surface area (Å²) in [6, 6.07) is 8.38. The van der Waals surface area contributed by atoms with Crippen LogP contribution in [0.1, 0.15) is 5.56 Å². The number of rotatable bonds is 3. The highest BCUT2D eigenvalue weighted by Crippen LogP contribution is 2.32. The molecule has 0 atom stereocenters. The van der Waals surface area contributed by atoms with Gasteiger partial charge in [0.2, 0.25) is 0 Å². The Morgan fingerprint density at radius 3 is 2.17 bits per heavy atom. The molecule has 0 aromatic heterocycles. The average Bonchev–Trinajstić information content (AvgIpc) is 2.34. The molecule has 0 spiro atoms. The maximum absolute atomic E-state index is 13.1. The van der Waals surface area contributed by atoms with E-state index in [1.807, 2.05) is 0 Å². The van der Waals surface area contributed by atoms with Crippen molar-refractivity contribution in [3.05, 3.63) is 58.1 Å². The number of hydrogen-bond donors (Lipinski definition) is 0. The first-order valence-corrected chi connectivity index (χ1v) is 6.99. The molecule has 0 aliphatic heterocycles. The summed E-state index contributed by atoms with van der Waals surface area (Å²) in [6.45, 7) is 0. The molecule has 0 saturated heterocycles. The molecule has 0 aliphatic rings. The van der Waals surface area contributed by atoms with Crippen molar-refractivity contribution in [1.82, 2.24) is 0 Å². The van der Waals surface area contributed by atoms with Crippen LogP contribution in [0, 0.1) is 11.6 Å². The van der Waals surface area contributed by atoms with Crippen molar-refractivity contribution >= 4 is 31.9 Å². The van der Waals surface area contributed by atoms with E-state index < -0.39 is 0 Å². The van der Waals surface area contributed by atoms with Crippen molar-refractivity contribution in [1.29, 1.82) is 0 Å². The summed E-state index contributed by atoms with van der Waals surface area (Å²) in [7, 11) is 0. The second kappa shape index (κ2) is 5.80. The number of alkyl halides is 1. The van der Waals surface area contributed by atoms with Gasteiger partial charge in [0.05, 0.1) is 4.47 Å². The Hall–Kier alpha value is -0.940. The highest BCUT2D eigenvalue weighted by molar-refractivity contribution is 9.10. The minimum absolute atomic E-state index is 0.324. The summed E-state index contributed by atoms with van der Waals surface area (Å²) in [4.78, 5) is 0. The van der Waals surface area contributed by atoms with Crippen molar-refractivity contribution < 1.29 is 13.5 Å². The Morgan fingerprint density at radius 2 is 1.56 bits per heavy atom. The van der Waals surface area contributed by atoms with Gasteiger partial charge in [-0.1, -0.05) is 15.9 Å². The molecule has 0 heterocycles. The largest absolute Gasteiger partial charge is 0.456 e. The topological polar surface area (TPSA) is 9.23 Å². The van der Waals surface area contributed by atoms with Crippen LogP contribution in [-0.4, -0.2) is 0 Å². The summed E-state index contributed by atoms with van der Waals surface area (Å²) in [5, 5.41) is 0.471. The number of hydrogen-bond acceptors (Lipinski definition) is 1. The van der Waals surface area contributed by atoms with Crippen LogP contribution in [-0.2, 0) is 5.33 Å². The van der Waals surface area contributed by atoms with E-state index in [1.54, 1.807) is 6.07 Å². The number of halogens is 4. The van der Waals surface area contributed by atoms with Crippen molar-refractivity contribution in [2.45, 2.75) is 5.33 Å². The van der Waals surface area contributed by atoms with Gasteiger partial charge in [-0.2, -0.15) is 0 Å². The fourth-order valence-corrected chi connectivity index (χ4v) is 2.30. The van der Waals surface area contributed by atoms with E-state index in [0.29, 0.717) is 26.9 Å². The third-order valence-electron chi connectivity index (χ3n) is 2.28. The van der Waals surface area contributed by atoms with Crippen LogP contribution < -0.4 is 4.74 Å². The minimum atomic E-state index is -0.353. The van der Waals surface area contributed by atoms with Gasteiger partial charge in [-0.3, -0.25) is 0 Å². The van der Waals surface area contributed by atoms with Gasteiger partial charge in [0, 0.05) is 10.9 Å². The van der Waals surface area contributed by atoms with Crippen molar-refractivity contribution in [3.63, 3.8) is 0 Å². The fourth-order valence-electron chi connectivity index (χ4n) is 1.43. The van der Waals surface area contributed by atoms with Crippen molar-refractivity contribution in [3.8, 4) is 11.5 Å². The number of benzene rings is 2. The molecule has 2 aromatic rings. The second-order valence-electron chi connectivity index (χ2n) is 3.56. The Bertz CT molecular complexity index is 573. The molecule has 0 saturated carbocycles. The lowest BCUT2D eigenvalue weighted by Crippen LogP contribution is -1.92. The zero-order chi connectivity index (χ0) is 13.1. The number of ether oxygens (including phenoxy) is 1. The van der Waals surface area contributed by atoms with Gasteiger partial charge in [-0.05, 0) is 52.3 Å². The van der Waals surface area contributed by atoms with E-state index in [-0.39, 0.29) is 11.6 Å². The molecule has 18 heavy (non-hydrogen) atoms. The zero-order valence-corrected chi connectivity index (χ0v) is 12.3. The predicted molar refractivity (Wildman–Crippen MR) is 73.2 cm³/mol. The smallest absolute Gasteiger partial charge is 0.141 e. The first-order valence-electron chi connectivity index (χ1n) is 5.07. The van der Waals surface area contributed by atoms with Crippen LogP contribution in [0.5, 0.6) is 11.5 Å². The average molecular weight is 378 g/mol. The van der Waals surface area contributed by atoms with Crippen LogP contribution in [0.25, 0.3) is 0 Å². The van der Waals surface area contributed by atoms with Crippen LogP contribution in [0.4, 0.5) is 8.78 Å². The van der Waals surface area contributed by atoms with Gasteiger partial charge >= 0.3 is 0 Å². The molecule has 0 bridgehead atoms. The third-order valence-corrected chi connectivity index (χ3v) is 3.50. The molecule has 2 aromatic carbocycles. The SMILES string of the molecule is Fc1ccc(Oc2ccc(F)cc2CBr)c(Br)c1. The lowest BCUT2D eigenvalue weighted by molar-refractivity contribution is 0.471. The van der Waals surface area contributed by atoms with Gasteiger partial charge in [0.15, 0.2) is 0 Å². The third kappa shape index (κ3) is 3.09. The molecule has 0 N–H and O–H groups in total. The van der Waals surface area contributed by atoms with Crippen LogP contribution in [0.15, 0.2) is 40.9 Å². The summed E-state index contributed by atoms with van der Waals surface area (Å²) in [5.74, 6) is 0.329. The standard InChI is InChI=1S/C13H8Br2F2O/c14-7-8-5-9(16)1-3-12(8)18-13-4-2-10(17)6-11(13)15/h1-6H,7H2. The highest BCUT2D eigenvalue weighted by Gasteiger charge is 2.08. The monoisotopic (exact) mass is 376 g/mol. The molecular weight excluding hydrogens is 370 g/mol. The Labute approximate surface area is 120 Å². The van der Waals surface area contributed by atoms with E-state index in [2.05, 4.69) is 31.9 Å². The van der Waals surface area contributed by atoms with Gasteiger partial charge in [0.25, 0.3) is 0 Å². The van der Waals surface area contributed by atoms with E-state index >= 15 is 0 Å². The molecule has 1 nitrogen and oxygen atoms in total.